The van der Waals surface area contributed by atoms with Gasteiger partial charge in [0.1, 0.15) is 0 Å². The molecule has 0 aromatic carbocycles. The summed E-state index contributed by atoms with van der Waals surface area (Å²) in [7, 11) is -4.98. The van der Waals surface area contributed by atoms with Gasteiger partial charge in [0.15, 0.2) is 5.92 Å². The van der Waals surface area contributed by atoms with E-state index >= 15 is 0 Å². The van der Waals surface area contributed by atoms with E-state index in [4.69, 9.17) is 15.9 Å². The van der Waals surface area contributed by atoms with E-state index in [1.807, 2.05) is 0 Å². The van der Waals surface area contributed by atoms with Gasteiger partial charge >= 0.3 is 17.9 Å². The highest BCUT2D eigenvalue weighted by molar-refractivity contribution is 7.88. The molecule has 0 saturated heterocycles. The van der Waals surface area contributed by atoms with Crippen LogP contribution in [0.3, 0.4) is 0 Å². The molecule has 11 nitrogen and oxygen atoms in total. The molecule has 0 spiro atoms. The number of unbranched alkanes of at least 4 members (excludes halogenated alkanes) is 16. The van der Waals surface area contributed by atoms with Crippen molar-refractivity contribution in [1.82, 2.24) is 0 Å². The highest BCUT2D eigenvalue weighted by Gasteiger charge is 2.51. The van der Waals surface area contributed by atoms with Crippen LogP contribution in [-0.2, 0) is 29.3 Å². The number of hydrogen-bond donors (Lipinski definition) is 5. The van der Waals surface area contributed by atoms with E-state index in [9.17, 15) is 37.3 Å². The molecule has 0 radical (unpaired) electrons. The highest BCUT2D eigenvalue weighted by Crippen LogP contribution is 2.29. The molecule has 0 bridgehead atoms. The highest BCUT2D eigenvalue weighted by atomic mass is 32.2. The number of aliphatic carboxylic acids is 3. The van der Waals surface area contributed by atoms with Crippen molar-refractivity contribution < 1.29 is 47.5 Å². The van der Waals surface area contributed by atoms with Crippen LogP contribution in [0.25, 0.3) is 0 Å². The van der Waals surface area contributed by atoms with Crippen molar-refractivity contribution in [2.45, 2.75) is 133 Å². The lowest BCUT2D eigenvalue weighted by Gasteiger charge is -2.24. The zero-order valence-corrected chi connectivity index (χ0v) is 23.3. The molecule has 1 amide bonds. The Labute approximate surface area is 226 Å². The predicted octanol–water partition coefficient (Wildman–Crippen LogP) is 4.77. The second-order valence-electron chi connectivity index (χ2n) is 10.2. The normalized spacial score (nSPS) is 13.3. The Morgan fingerprint density at radius 3 is 1.18 bits per heavy atom. The van der Waals surface area contributed by atoms with Crippen molar-refractivity contribution in [2.24, 2.45) is 11.7 Å². The number of nitrogens with two attached hydrogens (primary N) is 1. The molecule has 1 atom stereocenters. The number of carboxylic acid groups (broad SMARTS) is 3. The van der Waals surface area contributed by atoms with Crippen LogP contribution < -0.4 is 5.73 Å². The second kappa shape index (κ2) is 19.8. The number of carbonyl (C=O) groups is 4. The van der Waals surface area contributed by atoms with E-state index < -0.39 is 51.0 Å². The smallest absolute Gasteiger partial charge is 0.328 e. The van der Waals surface area contributed by atoms with Crippen molar-refractivity contribution in [3.05, 3.63) is 0 Å². The first-order chi connectivity index (χ1) is 17.8. The molecule has 38 heavy (non-hydrogen) atoms. The SMILES string of the molecule is NC(=O)CC(CCCCCCCCCCCCCCCCCCCC(C(=O)O)C(=O)O)(C(=O)O)S(=O)(=O)O. The minimum atomic E-state index is -4.98. The molecule has 0 heterocycles. The summed E-state index contributed by atoms with van der Waals surface area (Å²) in [5.41, 5.74) is 5.00. The van der Waals surface area contributed by atoms with E-state index in [1.54, 1.807) is 0 Å². The Hall–Kier alpha value is -2.21. The molecule has 0 aromatic heterocycles. The largest absolute Gasteiger partial charge is 0.481 e. The maximum absolute atomic E-state index is 11.6. The van der Waals surface area contributed by atoms with Crippen LogP contribution in [0.1, 0.15) is 128 Å². The van der Waals surface area contributed by atoms with Crippen LogP contribution >= 0.6 is 0 Å². The van der Waals surface area contributed by atoms with Gasteiger partial charge in [0, 0.05) is 0 Å². The van der Waals surface area contributed by atoms with Gasteiger partial charge in [-0.25, -0.2) is 0 Å². The van der Waals surface area contributed by atoms with Gasteiger partial charge in [-0.05, 0) is 12.8 Å². The van der Waals surface area contributed by atoms with Gasteiger partial charge in [-0.2, -0.15) is 8.42 Å². The van der Waals surface area contributed by atoms with Crippen molar-refractivity contribution in [3.63, 3.8) is 0 Å². The van der Waals surface area contributed by atoms with Gasteiger partial charge in [-0.1, -0.05) is 109 Å². The van der Waals surface area contributed by atoms with E-state index in [0.717, 1.165) is 57.8 Å². The average molecular weight is 566 g/mol. The molecular weight excluding hydrogens is 518 g/mol. The second-order valence-corrected chi connectivity index (χ2v) is 11.9. The third-order valence-corrected chi connectivity index (χ3v) is 8.52. The maximum Gasteiger partial charge on any atom is 0.328 e. The molecule has 1 unspecified atom stereocenters. The zero-order chi connectivity index (χ0) is 29.0. The lowest BCUT2D eigenvalue weighted by atomic mass is 9.95. The summed E-state index contributed by atoms with van der Waals surface area (Å²) in [5, 5.41) is 27.0. The molecule has 0 saturated carbocycles. The fourth-order valence-electron chi connectivity index (χ4n) is 4.65. The molecule has 0 aliphatic rings. The third-order valence-electron chi connectivity index (χ3n) is 7.01. The number of primary amides is 1. The van der Waals surface area contributed by atoms with E-state index in [2.05, 4.69) is 0 Å². The van der Waals surface area contributed by atoms with Crippen LogP contribution in [0.5, 0.6) is 0 Å². The Balaban J connectivity index is 3.67. The molecule has 0 aliphatic heterocycles. The third kappa shape index (κ3) is 15.3. The molecule has 0 fully saturated rings. The Morgan fingerprint density at radius 1 is 0.605 bits per heavy atom. The van der Waals surface area contributed by atoms with Crippen LogP contribution in [0.15, 0.2) is 0 Å². The van der Waals surface area contributed by atoms with Gasteiger partial charge < -0.3 is 21.1 Å². The monoisotopic (exact) mass is 565 g/mol. The first-order valence-electron chi connectivity index (χ1n) is 13.8. The first kappa shape index (κ1) is 35.8. The summed E-state index contributed by atoms with van der Waals surface area (Å²) < 4.78 is 30.1. The Kier molecular flexibility index (Phi) is 18.6. The number of hydrogen-bond acceptors (Lipinski definition) is 6. The number of carboxylic acids is 3. The van der Waals surface area contributed by atoms with Gasteiger partial charge in [0.05, 0.1) is 6.42 Å². The molecule has 222 valence electrons. The minimum Gasteiger partial charge on any atom is -0.481 e. The summed E-state index contributed by atoms with van der Waals surface area (Å²) in [6.45, 7) is 0. The summed E-state index contributed by atoms with van der Waals surface area (Å²) in [4.78, 5) is 44.3. The first-order valence-corrected chi connectivity index (χ1v) is 15.2. The molecule has 0 aromatic rings. The average Bonchev–Trinajstić information content (AvgIpc) is 2.80. The molecule has 0 aliphatic carbocycles. The van der Waals surface area contributed by atoms with Crippen molar-refractivity contribution in [3.8, 4) is 0 Å². The quantitative estimate of drug-likeness (QED) is 0.0550. The van der Waals surface area contributed by atoms with Gasteiger partial charge in [0.25, 0.3) is 10.1 Å². The van der Waals surface area contributed by atoms with Crippen molar-refractivity contribution in [2.75, 3.05) is 0 Å². The zero-order valence-electron chi connectivity index (χ0n) is 22.4. The molecular formula is C26H47NO10S. The lowest BCUT2D eigenvalue weighted by Crippen LogP contribution is -2.49. The van der Waals surface area contributed by atoms with Crippen molar-refractivity contribution in [1.29, 1.82) is 0 Å². The van der Waals surface area contributed by atoms with Crippen LogP contribution in [0.2, 0.25) is 0 Å². The predicted molar refractivity (Wildman–Crippen MR) is 142 cm³/mol. The Morgan fingerprint density at radius 2 is 0.921 bits per heavy atom. The molecule has 12 heteroatoms. The summed E-state index contributed by atoms with van der Waals surface area (Å²) in [6.07, 6.45) is 15.5. The van der Waals surface area contributed by atoms with Gasteiger partial charge in [-0.15, -0.1) is 0 Å². The van der Waals surface area contributed by atoms with Crippen LogP contribution in [-0.4, -0.2) is 56.9 Å². The van der Waals surface area contributed by atoms with E-state index in [-0.39, 0.29) is 19.3 Å². The fourth-order valence-corrected chi connectivity index (χ4v) is 5.59. The standard InChI is InChI=1S/C26H47NO10S/c27-22(28)20-26(25(33)34,38(35,36)37)19-17-15-13-11-9-7-5-3-1-2-4-6-8-10-12-14-16-18-21(23(29)30)24(31)32/h21H,1-20H2,(H2,27,28)(H,29,30)(H,31,32)(H,33,34)(H,35,36,37). The minimum absolute atomic E-state index is 0.188. The fraction of sp³-hybridized carbons (Fsp3) is 0.846. The maximum atomic E-state index is 11.6. The van der Waals surface area contributed by atoms with E-state index in [0.29, 0.717) is 12.8 Å². The summed E-state index contributed by atoms with van der Waals surface area (Å²) in [5.74, 6) is -6.68. The van der Waals surface area contributed by atoms with Gasteiger partial charge in [-0.3, -0.25) is 23.7 Å². The Bertz CT molecular complexity index is 816. The van der Waals surface area contributed by atoms with Crippen LogP contribution in [0.4, 0.5) is 0 Å². The lowest BCUT2D eigenvalue weighted by molar-refractivity contribution is -0.155. The topological polar surface area (TPSA) is 209 Å². The molecule has 0 rings (SSSR count). The summed E-state index contributed by atoms with van der Waals surface area (Å²) >= 11 is 0. The number of carbonyl (C=O) groups excluding carboxylic acids is 1. The summed E-state index contributed by atoms with van der Waals surface area (Å²) in [6, 6.07) is 0. The van der Waals surface area contributed by atoms with Gasteiger partial charge in [0.2, 0.25) is 10.7 Å². The van der Waals surface area contributed by atoms with E-state index in [1.165, 1.54) is 32.1 Å². The number of amides is 1. The number of rotatable bonds is 26. The van der Waals surface area contributed by atoms with Crippen molar-refractivity contribution >= 4 is 33.9 Å². The van der Waals surface area contributed by atoms with Crippen LogP contribution in [0, 0.1) is 5.92 Å². The molecule has 6 N–H and O–H groups in total.